The molecule has 4 nitrogen and oxygen atoms in total. The largest absolute Gasteiger partial charge is 0.217 e. The third kappa shape index (κ3) is 1.87. The van der Waals surface area contributed by atoms with Gasteiger partial charge in [-0.25, -0.2) is 18.4 Å². The van der Waals surface area contributed by atoms with Crippen molar-refractivity contribution in [2.75, 3.05) is 0 Å². The maximum atomic E-state index is 13.7. The summed E-state index contributed by atoms with van der Waals surface area (Å²) in [5, 5.41) is 12.5. The average molecular weight is 234 g/mol. The van der Waals surface area contributed by atoms with E-state index in [0.29, 0.717) is 11.6 Å². The fraction of sp³-hybridized carbons (Fsp3) is 0.182. The van der Waals surface area contributed by atoms with Gasteiger partial charge in [0.2, 0.25) is 0 Å². The second kappa shape index (κ2) is 3.94. The molecule has 1 heterocycles. The Hall–Kier alpha value is -2.29. The van der Waals surface area contributed by atoms with Gasteiger partial charge in [-0.15, -0.1) is 0 Å². The molecule has 0 saturated heterocycles. The molecule has 0 amide bonds. The van der Waals surface area contributed by atoms with Gasteiger partial charge < -0.3 is 0 Å². The monoisotopic (exact) mass is 234 g/mol. The molecule has 0 unspecified atom stereocenters. The van der Waals surface area contributed by atoms with Gasteiger partial charge in [0.15, 0.2) is 11.6 Å². The number of halogens is 2. The van der Waals surface area contributed by atoms with Crippen LogP contribution in [0.3, 0.4) is 0 Å². The average Bonchev–Trinajstić information content (AvgIpc) is 2.57. The van der Waals surface area contributed by atoms with E-state index in [-0.39, 0.29) is 11.3 Å². The Labute approximate surface area is 96.1 Å². The Balaban J connectivity index is 2.69. The van der Waals surface area contributed by atoms with E-state index in [4.69, 9.17) is 5.26 Å². The first-order valence-electron chi connectivity index (χ1n) is 4.82. The minimum Gasteiger partial charge on any atom is -0.217 e. The van der Waals surface area contributed by atoms with Crippen molar-refractivity contribution >= 4 is 0 Å². The van der Waals surface area contributed by atoms with Crippen LogP contribution in [0.2, 0.25) is 0 Å². The second-order valence-corrected chi connectivity index (χ2v) is 3.52. The van der Waals surface area contributed by atoms with Crippen molar-refractivity contribution in [1.29, 1.82) is 5.26 Å². The number of rotatable bonds is 1. The molecular weight excluding hydrogens is 226 g/mol. The van der Waals surface area contributed by atoms with Gasteiger partial charge in [-0.1, -0.05) is 0 Å². The smallest absolute Gasteiger partial charge is 0.153 e. The fourth-order valence-corrected chi connectivity index (χ4v) is 1.57. The Bertz CT molecular complexity index is 602. The van der Waals surface area contributed by atoms with Crippen LogP contribution in [-0.2, 0) is 0 Å². The minimum atomic E-state index is -0.838. The van der Waals surface area contributed by atoms with Crippen LogP contribution in [0.1, 0.15) is 17.2 Å². The molecule has 0 atom stereocenters. The van der Waals surface area contributed by atoms with Crippen LogP contribution in [-0.4, -0.2) is 14.8 Å². The summed E-state index contributed by atoms with van der Waals surface area (Å²) in [6.45, 7) is 3.22. The highest BCUT2D eigenvalue weighted by atomic mass is 19.1. The predicted octanol–water partition coefficient (Wildman–Crippen LogP) is 2.03. The van der Waals surface area contributed by atoms with Crippen molar-refractivity contribution < 1.29 is 8.78 Å². The van der Waals surface area contributed by atoms with Gasteiger partial charge in [0.1, 0.15) is 17.3 Å². The number of hydrogen-bond acceptors (Lipinski definition) is 3. The van der Waals surface area contributed by atoms with Crippen molar-refractivity contribution in [1.82, 2.24) is 14.8 Å². The minimum absolute atomic E-state index is 0.0711. The third-order valence-electron chi connectivity index (χ3n) is 2.23. The van der Waals surface area contributed by atoms with Gasteiger partial charge in [-0.2, -0.15) is 10.4 Å². The van der Waals surface area contributed by atoms with E-state index in [0.717, 1.165) is 16.8 Å². The molecule has 17 heavy (non-hydrogen) atoms. The van der Waals surface area contributed by atoms with Crippen LogP contribution in [0.15, 0.2) is 12.1 Å². The molecule has 6 heteroatoms. The first-order valence-corrected chi connectivity index (χ1v) is 4.82. The van der Waals surface area contributed by atoms with Crippen LogP contribution < -0.4 is 0 Å². The van der Waals surface area contributed by atoms with Gasteiger partial charge in [0, 0.05) is 0 Å². The van der Waals surface area contributed by atoms with Crippen molar-refractivity contribution in [2.45, 2.75) is 13.8 Å². The van der Waals surface area contributed by atoms with E-state index in [2.05, 4.69) is 10.1 Å². The second-order valence-electron chi connectivity index (χ2n) is 3.52. The first-order chi connectivity index (χ1) is 8.02. The van der Waals surface area contributed by atoms with Gasteiger partial charge >= 0.3 is 0 Å². The number of aryl methyl sites for hydroxylation is 2. The van der Waals surface area contributed by atoms with Gasteiger partial charge in [-0.3, -0.25) is 0 Å². The Kier molecular flexibility index (Phi) is 2.60. The molecule has 0 radical (unpaired) electrons. The predicted molar refractivity (Wildman–Crippen MR) is 55.5 cm³/mol. The van der Waals surface area contributed by atoms with E-state index < -0.39 is 11.6 Å². The number of hydrogen-bond donors (Lipinski definition) is 0. The van der Waals surface area contributed by atoms with Crippen LogP contribution >= 0.6 is 0 Å². The molecule has 2 rings (SSSR count). The van der Waals surface area contributed by atoms with E-state index >= 15 is 0 Å². The highest BCUT2D eigenvalue weighted by Gasteiger charge is 2.16. The van der Waals surface area contributed by atoms with Crippen molar-refractivity contribution in [3.05, 3.63) is 41.0 Å². The van der Waals surface area contributed by atoms with Crippen LogP contribution in [0.5, 0.6) is 0 Å². The maximum Gasteiger partial charge on any atom is 0.153 e. The fourth-order valence-electron chi connectivity index (χ4n) is 1.57. The molecule has 2 aromatic rings. The molecule has 0 aliphatic rings. The molecule has 0 aliphatic carbocycles. The van der Waals surface area contributed by atoms with Crippen molar-refractivity contribution in [3.63, 3.8) is 0 Å². The molecule has 0 bridgehead atoms. The summed E-state index contributed by atoms with van der Waals surface area (Å²) in [7, 11) is 0. The molecular formula is C11H8F2N4. The SMILES string of the molecule is Cc1nc(C)n(-c2c(F)cc(C#N)cc2F)n1. The van der Waals surface area contributed by atoms with E-state index in [9.17, 15) is 8.78 Å². The molecule has 1 aromatic heterocycles. The summed E-state index contributed by atoms with van der Waals surface area (Å²) in [5.41, 5.74) is -0.389. The molecule has 0 N–H and O–H groups in total. The lowest BCUT2D eigenvalue weighted by Gasteiger charge is -2.06. The number of benzene rings is 1. The lowest BCUT2D eigenvalue weighted by atomic mass is 10.2. The molecule has 1 aromatic carbocycles. The number of nitriles is 1. The maximum absolute atomic E-state index is 13.7. The molecule has 0 fully saturated rings. The van der Waals surface area contributed by atoms with Crippen molar-refractivity contribution in [2.24, 2.45) is 0 Å². The van der Waals surface area contributed by atoms with E-state index in [1.54, 1.807) is 19.9 Å². The highest BCUT2D eigenvalue weighted by molar-refractivity contribution is 5.42. The Morgan fingerprint density at radius 2 is 1.82 bits per heavy atom. The van der Waals surface area contributed by atoms with Gasteiger partial charge in [0.25, 0.3) is 0 Å². The summed E-state index contributed by atoms with van der Waals surface area (Å²) < 4.78 is 28.5. The van der Waals surface area contributed by atoms with Crippen molar-refractivity contribution in [3.8, 4) is 11.8 Å². The van der Waals surface area contributed by atoms with Crippen LogP contribution in [0, 0.1) is 36.8 Å². The van der Waals surface area contributed by atoms with E-state index in [1.165, 1.54) is 0 Å². The quantitative estimate of drug-likeness (QED) is 0.758. The standard InChI is InChI=1S/C11H8F2N4/c1-6-15-7(2)17(16-6)11-9(12)3-8(5-14)4-10(11)13/h3-4H,1-2H3. The summed E-state index contributed by atoms with van der Waals surface area (Å²) in [6, 6.07) is 3.62. The highest BCUT2D eigenvalue weighted by Crippen LogP contribution is 2.20. The third-order valence-corrected chi connectivity index (χ3v) is 2.23. The number of aromatic nitrogens is 3. The Morgan fingerprint density at radius 3 is 2.24 bits per heavy atom. The summed E-state index contributed by atoms with van der Waals surface area (Å²) in [5.74, 6) is -0.875. The molecule has 86 valence electrons. The normalized spacial score (nSPS) is 10.3. The zero-order valence-electron chi connectivity index (χ0n) is 9.20. The zero-order valence-corrected chi connectivity index (χ0v) is 9.20. The topological polar surface area (TPSA) is 54.5 Å². The summed E-state index contributed by atoms with van der Waals surface area (Å²) in [6.07, 6.45) is 0. The lowest BCUT2D eigenvalue weighted by Crippen LogP contribution is -2.06. The van der Waals surface area contributed by atoms with Crippen LogP contribution in [0.25, 0.3) is 5.69 Å². The first kappa shape index (κ1) is 11.2. The summed E-state index contributed by atoms with van der Waals surface area (Å²) >= 11 is 0. The zero-order chi connectivity index (χ0) is 12.6. The number of nitrogens with zero attached hydrogens (tertiary/aromatic N) is 4. The molecule has 0 aliphatic heterocycles. The molecule has 0 saturated carbocycles. The van der Waals surface area contributed by atoms with E-state index in [1.807, 2.05) is 0 Å². The summed E-state index contributed by atoms with van der Waals surface area (Å²) in [4.78, 5) is 3.97. The van der Waals surface area contributed by atoms with Gasteiger partial charge in [-0.05, 0) is 26.0 Å². The van der Waals surface area contributed by atoms with Gasteiger partial charge in [0.05, 0.1) is 11.6 Å². The van der Waals surface area contributed by atoms with Crippen LogP contribution in [0.4, 0.5) is 8.78 Å². The Morgan fingerprint density at radius 1 is 1.24 bits per heavy atom. The lowest BCUT2D eigenvalue weighted by molar-refractivity contribution is 0.556. The molecule has 0 spiro atoms.